The summed E-state index contributed by atoms with van der Waals surface area (Å²) < 4.78 is -0.147. The van der Waals surface area contributed by atoms with Crippen molar-refractivity contribution in [1.29, 1.82) is 0 Å². The van der Waals surface area contributed by atoms with E-state index >= 15 is 0 Å². The summed E-state index contributed by atoms with van der Waals surface area (Å²) in [5, 5.41) is 4.44. The molecule has 0 bridgehead atoms. The fraction of sp³-hybridized carbons (Fsp3) is 0.341. The van der Waals surface area contributed by atoms with Crippen molar-refractivity contribution in [3.8, 4) is 11.1 Å². The van der Waals surface area contributed by atoms with Crippen LogP contribution < -0.4 is 5.32 Å². The van der Waals surface area contributed by atoms with Gasteiger partial charge in [-0.1, -0.05) is 97.1 Å². The molecule has 0 amide bonds. The second kappa shape index (κ2) is 10.8. The maximum atomic E-state index is 5.71. The van der Waals surface area contributed by atoms with E-state index < -0.39 is 0 Å². The van der Waals surface area contributed by atoms with Crippen LogP contribution in [0.5, 0.6) is 0 Å². The van der Waals surface area contributed by atoms with Crippen LogP contribution in [-0.4, -0.2) is 21.9 Å². The minimum Gasteiger partial charge on any atom is -0.281 e. The predicted molar refractivity (Wildman–Crippen MR) is 204 cm³/mol. The third kappa shape index (κ3) is 4.28. The number of nitrogens with zero attached hydrogens (tertiary/aromatic N) is 1. The van der Waals surface area contributed by atoms with E-state index in [2.05, 4.69) is 141 Å². The summed E-state index contributed by atoms with van der Waals surface area (Å²) in [6, 6.07) is 22.9. The molecule has 0 saturated heterocycles. The highest BCUT2D eigenvalue weighted by molar-refractivity contribution is 8.01. The first-order valence-electron chi connectivity index (χ1n) is 17.9. The van der Waals surface area contributed by atoms with Gasteiger partial charge in [0.25, 0.3) is 0 Å². The zero-order valence-electron chi connectivity index (χ0n) is 28.0. The van der Waals surface area contributed by atoms with Gasteiger partial charge in [0.1, 0.15) is 6.17 Å². The first-order valence-corrected chi connectivity index (χ1v) is 19.6. The fourth-order valence-corrected chi connectivity index (χ4v) is 12.9. The van der Waals surface area contributed by atoms with Gasteiger partial charge < -0.3 is 0 Å². The molecule has 3 aromatic rings. The van der Waals surface area contributed by atoms with Crippen LogP contribution in [0.25, 0.3) is 16.7 Å². The average Bonchev–Trinajstić information content (AvgIpc) is 3.76. The summed E-state index contributed by atoms with van der Waals surface area (Å²) in [5.74, 6) is 1.88. The van der Waals surface area contributed by atoms with Crippen molar-refractivity contribution < 1.29 is 0 Å². The maximum Gasteiger partial charge on any atom is 0.124 e. The summed E-state index contributed by atoms with van der Waals surface area (Å²) in [4.78, 5) is 8.60. The molecule has 48 heavy (non-hydrogen) atoms. The summed E-state index contributed by atoms with van der Waals surface area (Å²) in [6.07, 6.45) is 22.9. The number of benzene rings is 3. The highest BCUT2D eigenvalue weighted by Crippen LogP contribution is 2.65. The number of fused-ring (bicyclic) bond motifs is 7. The summed E-state index contributed by atoms with van der Waals surface area (Å²) in [7, 11) is 0. The van der Waals surface area contributed by atoms with Gasteiger partial charge in [0.2, 0.25) is 0 Å². The zero-order chi connectivity index (χ0) is 32.2. The third-order valence-electron chi connectivity index (χ3n) is 12.3. The van der Waals surface area contributed by atoms with E-state index in [1.807, 2.05) is 11.8 Å². The molecule has 0 radical (unpaired) electrons. The Labute approximate surface area is 293 Å². The Balaban J connectivity index is 1.11. The number of hydrogen-bond acceptors (Lipinski definition) is 4. The number of allylic oxidation sites excluding steroid dienone is 9. The molecule has 3 aromatic carbocycles. The number of rotatable bonds is 4. The Bertz CT molecular complexity index is 2080. The molecule has 2 nitrogen and oxygen atoms in total. The van der Waals surface area contributed by atoms with Gasteiger partial charge >= 0.3 is 0 Å². The van der Waals surface area contributed by atoms with Crippen LogP contribution in [0.3, 0.4) is 0 Å². The van der Waals surface area contributed by atoms with Gasteiger partial charge in [0.15, 0.2) is 0 Å². The Kier molecular flexibility index (Phi) is 6.69. The normalized spacial score (nSPS) is 33.8. The van der Waals surface area contributed by atoms with E-state index in [1.54, 1.807) is 5.57 Å². The van der Waals surface area contributed by atoms with Crippen LogP contribution in [0.2, 0.25) is 0 Å². The lowest BCUT2D eigenvalue weighted by Gasteiger charge is -2.45. The lowest BCUT2D eigenvalue weighted by Crippen LogP contribution is -2.58. The maximum absolute atomic E-state index is 5.71. The van der Waals surface area contributed by atoms with Gasteiger partial charge in [-0.25, -0.2) is 0 Å². The topological polar surface area (TPSA) is 24.4 Å². The van der Waals surface area contributed by atoms with Crippen LogP contribution in [-0.2, 0) is 5.54 Å². The van der Waals surface area contributed by atoms with E-state index in [9.17, 15) is 0 Å². The van der Waals surface area contributed by atoms with E-state index in [1.165, 1.54) is 79.3 Å². The minimum atomic E-state index is -0.212. The van der Waals surface area contributed by atoms with Crippen molar-refractivity contribution in [2.75, 3.05) is 0 Å². The van der Waals surface area contributed by atoms with Crippen molar-refractivity contribution in [3.63, 3.8) is 0 Å². The lowest BCUT2D eigenvalue weighted by atomic mass is 9.75. The molecule has 4 aliphatic carbocycles. The molecule has 4 heteroatoms. The summed E-state index contributed by atoms with van der Waals surface area (Å²) in [5.41, 5.74) is 13.9. The Hall–Kier alpha value is -3.31. The van der Waals surface area contributed by atoms with Crippen molar-refractivity contribution in [2.45, 2.75) is 90.3 Å². The van der Waals surface area contributed by atoms with Gasteiger partial charge in [-0.05, 0) is 121 Å². The zero-order valence-corrected chi connectivity index (χ0v) is 29.6. The van der Waals surface area contributed by atoms with E-state index in [4.69, 9.17) is 4.99 Å². The molecular weight excluding hydrogens is 621 g/mol. The predicted octanol–water partition coefficient (Wildman–Crippen LogP) is 11.0. The first kappa shape index (κ1) is 29.6. The molecule has 7 atom stereocenters. The van der Waals surface area contributed by atoms with Crippen molar-refractivity contribution >= 4 is 34.8 Å². The molecule has 0 aromatic heterocycles. The van der Waals surface area contributed by atoms with Gasteiger partial charge in [0, 0.05) is 15.7 Å². The fourth-order valence-electron chi connectivity index (χ4n) is 9.64. The molecule has 10 rings (SSSR count). The van der Waals surface area contributed by atoms with Crippen molar-refractivity contribution in [2.24, 2.45) is 16.8 Å². The van der Waals surface area contributed by atoms with Gasteiger partial charge in [0.05, 0.1) is 21.2 Å². The largest absolute Gasteiger partial charge is 0.281 e. The van der Waals surface area contributed by atoms with Crippen molar-refractivity contribution in [1.82, 2.24) is 5.32 Å². The Morgan fingerprint density at radius 3 is 2.67 bits per heavy atom. The van der Waals surface area contributed by atoms with Crippen molar-refractivity contribution in [3.05, 3.63) is 137 Å². The van der Waals surface area contributed by atoms with Gasteiger partial charge in [-0.2, -0.15) is 0 Å². The molecule has 0 spiro atoms. The first-order chi connectivity index (χ1) is 23.4. The van der Waals surface area contributed by atoms with E-state index in [0.717, 1.165) is 24.7 Å². The molecular formula is C44H42N2S2. The number of nitrogens with one attached hydrogen (secondary N) is 1. The molecule has 1 N–H and O–H groups in total. The van der Waals surface area contributed by atoms with Crippen LogP contribution >= 0.6 is 23.5 Å². The third-order valence-corrected chi connectivity index (χ3v) is 15.4. The van der Waals surface area contributed by atoms with E-state index in [-0.39, 0.29) is 21.7 Å². The quantitative estimate of drug-likeness (QED) is 0.301. The standard InChI is InChI=1S/C44H42N2S2/c1-26-13-7-8-17-29(26)31-23-24-32-34-20-12-21-36(44(34,3)48-40(32)38(31)30-18-11-16-28-25-33(28)30)42-45-39(27-14-5-4-6-15-27)41-43(2,46-42)35-19-9-10-22-37(35)47-41/h5,7-10,12-15,17-24,28,33-34,41-42,46H,4,6,11,16,25H2,1-3H3. The number of thioether (sulfide) groups is 2. The van der Waals surface area contributed by atoms with Crippen LogP contribution in [0, 0.1) is 18.8 Å². The molecule has 240 valence electrons. The Morgan fingerprint density at radius 1 is 0.917 bits per heavy atom. The van der Waals surface area contributed by atoms with Gasteiger partial charge in [-0.3, -0.25) is 10.3 Å². The molecule has 1 fully saturated rings. The van der Waals surface area contributed by atoms with Crippen LogP contribution in [0.4, 0.5) is 0 Å². The summed E-state index contributed by atoms with van der Waals surface area (Å²) >= 11 is 4.11. The monoisotopic (exact) mass is 662 g/mol. The van der Waals surface area contributed by atoms with E-state index in [0.29, 0.717) is 5.92 Å². The summed E-state index contributed by atoms with van der Waals surface area (Å²) in [6.45, 7) is 7.20. The Morgan fingerprint density at radius 2 is 1.79 bits per heavy atom. The molecule has 7 aliphatic rings. The number of aryl methyl sites for hydroxylation is 1. The smallest absolute Gasteiger partial charge is 0.124 e. The number of hydrogen-bond donors (Lipinski definition) is 1. The van der Waals surface area contributed by atoms with Crippen LogP contribution in [0.1, 0.15) is 74.1 Å². The SMILES string of the molecule is Cc1ccccc1-c1ccc2c(c1C1=CCCC3CC13)SC1(C)C(C3N=C(C4=CCCC=C4)C4Sc5ccccc5C4(C)N3)=CC=CC21. The van der Waals surface area contributed by atoms with Gasteiger partial charge in [-0.15, -0.1) is 23.5 Å². The highest BCUT2D eigenvalue weighted by atomic mass is 32.2. The molecule has 7 unspecified atom stereocenters. The lowest BCUT2D eigenvalue weighted by molar-refractivity contribution is 0.330. The average molecular weight is 663 g/mol. The second-order valence-electron chi connectivity index (χ2n) is 15.2. The molecule has 1 saturated carbocycles. The van der Waals surface area contributed by atoms with Crippen LogP contribution in [0.15, 0.2) is 129 Å². The molecule has 3 heterocycles. The molecule has 3 aliphatic heterocycles. The highest BCUT2D eigenvalue weighted by Gasteiger charge is 2.55. The minimum absolute atomic E-state index is 0.107. The number of aliphatic imine (C=N–C) groups is 1. The second-order valence-corrected chi connectivity index (χ2v) is 17.8.